The Balaban J connectivity index is 2.46. The highest BCUT2D eigenvalue weighted by atomic mass is 32.2. The molecule has 0 heterocycles. The van der Waals surface area contributed by atoms with E-state index in [1.165, 1.54) is 12.1 Å². The zero-order valence-electron chi connectivity index (χ0n) is 12.1. The van der Waals surface area contributed by atoms with Crippen molar-refractivity contribution in [1.82, 2.24) is 10.6 Å². The summed E-state index contributed by atoms with van der Waals surface area (Å²) < 4.78 is 37.3. The van der Waals surface area contributed by atoms with Crippen molar-refractivity contribution >= 4 is 17.8 Å². The maximum Gasteiger partial charge on any atom is 0.416 e. The molecule has 0 bridgehead atoms. The number of aliphatic hydroxyl groups excluding tert-OH is 1. The topological polar surface area (TPSA) is 61.4 Å². The van der Waals surface area contributed by atoms with Gasteiger partial charge in [-0.25, -0.2) is 4.79 Å². The Bertz CT molecular complexity index is 460. The van der Waals surface area contributed by atoms with E-state index in [4.69, 9.17) is 5.11 Å². The molecule has 1 aromatic rings. The van der Waals surface area contributed by atoms with E-state index in [9.17, 15) is 18.0 Å². The second-order valence-electron chi connectivity index (χ2n) is 4.69. The standard InChI is InChI=1S/C14H19F3N2O2S/c1-22-9-12(6-7-20)19-13(21)18-8-10-2-4-11(5-3-10)14(15,16)17/h2-5,12,20H,6-9H2,1H3,(H2,18,19,21). The summed E-state index contributed by atoms with van der Waals surface area (Å²) in [6.07, 6.45) is -2.01. The van der Waals surface area contributed by atoms with Crippen LogP contribution < -0.4 is 10.6 Å². The molecule has 0 aliphatic rings. The zero-order valence-corrected chi connectivity index (χ0v) is 12.9. The van der Waals surface area contributed by atoms with Gasteiger partial charge in [0.2, 0.25) is 0 Å². The van der Waals surface area contributed by atoms with Crippen LogP contribution in [0.3, 0.4) is 0 Å². The maximum atomic E-state index is 12.4. The van der Waals surface area contributed by atoms with Gasteiger partial charge in [-0.2, -0.15) is 24.9 Å². The molecule has 3 N–H and O–H groups in total. The first-order chi connectivity index (χ1) is 10.4. The number of nitrogens with one attached hydrogen (secondary N) is 2. The Morgan fingerprint density at radius 2 is 1.95 bits per heavy atom. The average Bonchev–Trinajstić information content (AvgIpc) is 2.45. The van der Waals surface area contributed by atoms with Crippen molar-refractivity contribution in [1.29, 1.82) is 0 Å². The summed E-state index contributed by atoms with van der Waals surface area (Å²) in [4.78, 5) is 11.7. The largest absolute Gasteiger partial charge is 0.416 e. The first-order valence-electron chi connectivity index (χ1n) is 6.67. The Kier molecular flexibility index (Phi) is 7.53. The van der Waals surface area contributed by atoms with Gasteiger partial charge in [-0.05, 0) is 30.4 Å². The molecule has 2 amide bonds. The van der Waals surface area contributed by atoms with Crippen LogP contribution in [0.1, 0.15) is 17.5 Å². The Labute approximate surface area is 131 Å². The number of rotatable bonds is 7. The molecule has 124 valence electrons. The lowest BCUT2D eigenvalue weighted by Crippen LogP contribution is -2.43. The first-order valence-corrected chi connectivity index (χ1v) is 8.06. The van der Waals surface area contributed by atoms with E-state index in [1.54, 1.807) is 11.8 Å². The minimum atomic E-state index is -4.36. The summed E-state index contributed by atoms with van der Waals surface area (Å²) in [7, 11) is 0. The monoisotopic (exact) mass is 336 g/mol. The van der Waals surface area contributed by atoms with Crippen LogP contribution in [0.25, 0.3) is 0 Å². The fraction of sp³-hybridized carbons (Fsp3) is 0.500. The second kappa shape index (κ2) is 8.89. The van der Waals surface area contributed by atoms with Gasteiger partial charge in [-0.1, -0.05) is 12.1 Å². The minimum Gasteiger partial charge on any atom is -0.396 e. The van der Waals surface area contributed by atoms with Crippen molar-refractivity contribution in [2.24, 2.45) is 0 Å². The number of alkyl halides is 3. The molecule has 1 unspecified atom stereocenters. The average molecular weight is 336 g/mol. The van der Waals surface area contributed by atoms with E-state index in [0.29, 0.717) is 17.7 Å². The van der Waals surface area contributed by atoms with Gasteiger partial charge in [0, 0.05) is 24.9 Å². The smallest absolute Gasteiger partial charge is 0.396 e. The van der Waals surface area contributed by atoms with Crippen molar-refractivity contribution in [3.05, 3.63) is 35.4 Å². The SMILES string of the molecule is CSCC(CCO)NC(=O)NCc1ccc(C(F)(F)F)cc1. The van der Waals surface area contributed by atoms with Crippen LogP contribution in [0.5, 0.6) is 0 Å². The lowest BCUT2D eigenvalue weighted by Gasteiger charge is -2.17. The molecule has 0 saturated carbocycles. The number of carbonyl (C=O) groups excluding carboxylic acids is 1. The van der Waals surface area contributed by atoms with Crippen LogP contribution in [0.2, 0.25) is 0 Å². The Morgan fingerprint density at radius 1 is 1.32 bits per heavy atom. The number of thioether (sulfide) groups is 1. The third-order valence-corrected chi connectivity index (χ3v) is 3.65. The Hall–Kier alpha value is -1.41. The molecule has 0 aliphatic heterocycles. The summed E-state index contributed by atoms with van der Waals surface area (Å²) in [6.45, 7) is 0.111. The van der Waals surface area contributed by atoms with E-state index >= 15 is 0 Å². The molecule has 0 radical (unpaired) electrons. The van der Waals surface area contributed by atoms with Crippen molar-refractivity contribution < 1.29 is 23.1 Å². The van der Waals surface area contributed by atoms with Gasteiger partial charge in [-0.3, -0.25) is 0 Å². The third kappa shape index (κ3) is 6.57. The molecule has 8 heteroatoms. The summed E-state index contributed by atoms with van der Waals surface area (Å²) in [5.41, 5.74) is -0.143. The van der Waals surface area contributed by atoms with Crippen LogP contribution in [0.15, 0.2) is 24.3 Å². The molecule has 1 atom stereocenters. The maximum absolute atomic E-state index is 12.4. The number of urea groups is 1. The Morgan fingerprint density at radius 3 is 2.45 bits per heavy atom. The summed E-state index contributed by atoms with van der Waals surface area (Å²) in [5, 5.41) is 14.2. The molecule has 0 fully saturated rings. The summed E-state index contributed by atoms with van der Waals surface area (Å²) >= 11 is 1.55. The van der Waals surface area contributed by atoms with E-state index in [-0.39, 0.29) is 19.2 Å². The third-order valence-electron chi connectivity index (χ3n) is 2.91. The van der Waals surface area contributed by atoms with Crippen LogP contribution in [0, 0.1) is 0 Å². The van der Waals surface area contributed by atoms with Gasteiger partial charge >= 0.3 is 12.2 Å². The molecule has 0 aliphatic carbocycles. The minimum absolute atomic E-state index is 0.0234. The summed E-state index contributed by atoms with van der Waals surface area (Å²) in [6, 6.07) is 4.07. The van der Waals surface area contributed by atoms with Gasteiger partial charge in [-0.15, -0.1) is 0 Å². The molecule has 1 aromatic carbocycles. The number of benzene rings is 1. The van der Waals surface area contributed by atoms with Crippen molar-refractivity contribution in [3.8, 4) is 0 Å². The van der Waals surface area contributed by atoms with Crippen LogP contribution in [0.4, 0.5) is 18.0 Å². The fourth-order valence-electron chi connectivity index (χ4n) is 1.78. The number of carbonyl (C=O) groups is 1. The van der Waals surface area contributed by atoms with Crippen LogP contribution in [-0.4, -0.2) is 35.8 Å². The van der Waals surface area contributed by atoms with Gasteiger partial charge in [0.25, 0.3) is 0 Å². The van der Waals surface area contributed by atoms with Crippen molar-refractivity contribution in [2.45, 2.75) is 25.2 Å². The van der Waals surface area contributed by atoms with Gasteiger partial charge in [0.15, 0.2) is 0 Å². The van der Waals surface area contributed by atoms with Gasteiger partial charge in [0.1, 0.15) is 0 Å². The number of aliphatic hydroxyl groups is 1. The van der Waals surface area contributed by atoms with Gasteiger partial charge in [0.05, 0.1) is 5.56 Å². The van der Waals surface area contributed by atoms with Crippen molar-refractivity contribution in [2.75, 3.05) is 18.6 Å². The van der Waals surface area contributed by atoms with Crippen molar-refractivity contribution in [3.63, 3.8) is 0 Å². The van der Waals surface area contributed by atoms with Crippen LogP contribution >= 0.6 is 11.8 Å². The highest BCUT2D eigenvalue weighted by Crippen LogP contribution is 2.28. The second-order valence-corrected chi connectivity index (χ2v) is 5.60. The molecule has 1 rings (SSSR count). The number of hydrogen-bond donors (Lipinski definition) is 3. The normalized spacial score (nSPS) is 12.8. The lowest BCUT2D eigenvalue weighted by atomic mass is 10.1. The number of amides is 2. The molecular formula is C14H19F3N2O2S. The first kappa shape index (κ1) is 18.6. The fourth-order valence-corrected chi connectivity index (χ4v) is 2.44. The molecule has 0 spiro atoms. The quantitative estimate of drug-likeness (QED) is 0.717. The summed E-state index contributed by atoms with van der Waals surface area (Å²) in [5.74, 6) is 0.675. The highest BCUT2D eigenvalue weighted by molar-refractivity contribution is 7.98. The van der Waals surface area contributed by atoms with E-state index < -0.39 is 17.8 Å². The van der Waals surface area contributed by atoms with E-state index in [2.05, 4.69) is 10.6 Å². The molecular weight excluding hydrogens is 317 g/mol. The van der Waals surface area contributed by atoms with Gasteiger partial charge < -0.3 is 15.7 Å². The molecule has 22 heavy (non-hydrogen) atoms. The predicted octanol–water partition coefficient (Wildman–Crippen LogP) is 2.62. The van der Waals surface area contributed by atoms with E-state index in [1.807, 2.05) is 6.26 Å². The molecule has 0 saturated heterocycles. The molecule has 0 aromatic heterocycles. The zero-order chi connectivity index (χ0) is 16.6. The number of hydrogen-bond acceptors (Lipinski definition) is 3. The highest BCUT2D eigenvalue weighted by Gasteiger charge is 2.29. The predicted molar refractivity (Wildman–Crippen MR) is 80.7 cm³/mol. The lowest BCUT2D eigenvalue weighted by molar-refractivity contribution is -0.137. The molecule has 4 nitrogen and oxygen atoms in total. The van der Waals surface area contributed by atoms with E-state index in [0.717, 1.165) is 12.1 Å². The van der Waals surface area contributed by atoms with Crippen LogP contribution in [-0.2, 0) is 12.7 Å². The number of halogens is 3.